The number of hydrogen-bond donors (Lipinski definition) is 1. The Bertz CT molecular complexity index is 413. The Kier molecular flexibility index (Phi) is 3.98. The van der Waals surface area contributed by atoms with Crippen LogP contribution in [0, 0.1) is 5.92 Å². The van der Waals surface area contributed by atoms with E-state index in [-0.39, 0.29) is 17.9 Å². The fourth-order valence-corrected chi connectivity index (χ4v) is 2.09. The predicted octanol–water partition coefficient (Wildman–Crippen LogP) is 0.952. The molecule has 0 amide bonds. The summed E-state index contributed by atoms with van der Waals surface area (Å²) in [6.45, 7) is 2.71. The molecule has 6 heteroatoms. The highest BCUT2D eigenvalue weighted by Crippen LogP contribution is 2.33. The second-order valence-electron chi connectivity index (χ2n) is 4.35. The third kappa shape index (κ3) is 2.39. The zero-order chi connectivity index (χ0) is 13.1. The zero-order valence-electron chi connectivity index (χ0n) is 10.8. The lowest BCUT2D eigenvalue weighted by atomic mass is 9.97. The molecule has 0 saturated carbocycles. The summed E-state index contributed by atoms with van der Waals surface area (Å²) in [6, 6.07) is 0. The summed E-state index contributed by atoms with van der Waals surface area (Å²) in [4.78, 5) is 8.26. The van der Waals surface area contributed by atoms with Crippen LogP contribution in [0.25, 0.3) is 0 Å². The summed E-state index contributed by atoms with van der Waals surface area (Å²) in [7, 11) is 2.99. The Morgan fingerprint density at radius 1 is 1.44 bits per heavy atom. The van der Waals surface area contributed by atoms with Gasteiger partial charge in [0.1, 0.15) is 11.8 Å². The van der Waals surface area contributed by atoms with Crippen molar-refractivity contribution in [3.8, 4) is 11.8 Å². The molecule has 1 aliphatic rings. The SMILES string of the molecule is COc1cnc(C(O)C2OCCC2C)c(OC)n1. The number of rotatable bonds is 4. The molecule has 0 aliphatic carbocycles. The molecule has 1 N–H and O–H groups in total. The van der Waals surface area contributed by atoms with E-state index in [1.54, 1.807) is 0 Å². The lowest BCUT2D eigenvalue weighted by Crippen LogP contribution is -2.24. The van der Waals surface area contributed by atoms with Crippen LogP contribution in [0.2, 0.25) is 0 Å². The van der Waals surface area contributed by atoms with E-state index in [9.17, 15) is 5.11 Å². The van der Waals surface area contributed by atoms with Crippen LogP contribution in [0.5, 0.6) is 11.8 Å². The summed E-state index contributed by atoms with van der Waals surface area (Å²) >= 11 is 0. The summed E-state index contributed by atoms with van der Waals surface area (Å²) in [6.07, 6.45) is 1.30. The van der Waals surface area contributed by atoms with Crippen molar-refractivity contribution < 1.29 is 19.3 Å². The van der Waals surface area contributed by atoms with Crippen LogP contribution in [0.4, 0.5) is 0 Å². The van der Waals surface area contributed by atoms with E-state index < -0.39 is 6.10 Å². The van der Waals surface area contributed by atoms with E-state index in [0.29, 0.717) is 18.2 Å². The van der Waals surface area contributed by atoms with Crippen LogP contribution in [0.1, 0.15) is 25.1 Å². The number of aliphatic hydroxyl groups is 1. The maximum Gasteiger partial charge on any atom is 0.241 e. The molecule has 0 aromatic carbocycles. The first-order chi connectivity index (χ1) is 8.67. The van der Waals surface area contributed by atoms with E-state index in [1.807, 2.05) is 6.92 Å². The van der Waals surface area contributed by atoms with Crippen LogP contribution >= 0.6 is 0 Å². The molecule has 1 aromatic rings. The smallest absolute Gasteiger partial charge is 0.241 e. The van der Waals surface area contributed by atoms with Gasteiger partial charge in [-0.1, -0.05) is 6.92 Å². The van der Waals surface area contributed by atoms with Gasteiger partial charge < -0.3 is 19.3 Å². The Hall–Kier alpha value is -1.40. The summed E-state index contributed by atoms with van der Waals surface area (Å²) in [5, 5.41) is 10.3. The molecular formula is C12H18N2O4. The van der Waals surface area contributed by atoms with Crippen LogP contribution in [-0.2, 0) is 4.74 Å². The Morgan fingerprint density at radius 3 is 2.78 bits per heavy atom. The summed E-state index contributed by atoms with van der Waals surface area (Å²) in [5.41, 5.74) is 0.386. The minimum atomic E-state index is -0.837. The molecule has 1 fully saturated rings. The molecule has 0 bridgehead atoms. The van der Waals surface area contributed by atoms with E-state index in [1.165, 1.54) is 20.4 Å². The van der Waals surface area contributed by atoms with Gasteiger partial charge in [0.15, 0.2) is 0 Å². The van der Waals surface area contributed by atoms with Crippen molar-refractivity contribution in [1.29, 1.82) is 0 Å². The molecule has 0 spiro atoms. The molecular weight excluding hydrogens is 236 g/mol. The van der Waals surface area contributed by atoms with Crippen molar-refractivity contribution in [3.05, 3.63) is 11.9 Å². The van der Waals surface area contributed by atoms with Crippen molar-refractivity contribution >= 4 is 0 Å². The molecule has 1 aliphatic heterocycles. The number of methoxy groups -OCH3 is 2. The number of ether oxygens (including phenoxy) is 3. The maximum absolute atomic E-state index is 10.3. The maximum atomic E-state index is 10.3. The average molecular weight is 254 g/mol. The normalized spacial score (nSPS) is 24.9. The third-order valence-electron chi connectivity index (χ3n) is 3.18. The first-order valence-electron chi connectivity index (χ1n) is 5.92. The molecule has 1 aromatic heterocycles. The number of nitrogens with zero attached hydrogens (tertiary/aromatic N) is 2. The average Bonchev–Trinajstić information content (AvgIpc) is 2.83. The molecule has 3 atom stereocenters. The van der Waals surface area contributed by atoms with Gasteiger partial charge in [-0.2, -0.15) is 4.98 Å². The van der Waals surface area contributed by atoms with Gasteiger partial charge in [-0.05, 0) is 12.3 Å². The van der Waals surface area contributed by atoms with Crippen molar-refractivity contribution in [1.82, 2.24) is 9.97 Å². The Labute approximate surface area is 106 Å². The van der Waals surface area contributed by atoms with Gasteiger partial charge in [-0.25, -0.2) is 4.98 Å². The molecule has 2 heterocycles. The van der Waals surface area contributed by atoms with Crippen molar-refractivity contribution in [2.75, 3.05) is 20.8 Å². The third-order valence-corrected chi connectivity index (χ3v) is 3.18. The van der Waals surface area contributed by atoms with Gasteiger partial charge in [0.05, 0.1) is 26.5 Å². The zero-order valence-corrected chi connectivity index (χ0v) is 10.8. The van der Waals surface area contributed by atoms with Crippen LogP contribution in [0.15, 0.2) is 6.20 Å². The topological polar surface area (TPSA) is 73.7 Å². The highest BCUT2D eigenvalue weighted by molar-refractivity contribution is 5.25. The van der Waals surface area contributed by atoms with Gasteiger partial charge >= 0.3 is 0 Å². The fourth-order valence-electron chi connectivity index (χ4n) is 2.09. The van der Waals surface area contributed by atoms with Crippen molar-refractivity contribution in [2.24, 2.45) is 5.92 Å². The van der Waals surface area contributed by atoms with Crippen molar-refractivity contribution in [2.45, 2.75) is 25.6 Å². The summed E-state index contributed by atoms with van der Waals surface area (Å²) in [5.74, 6) is 0.904. The lowest BCUT2D eigenvalue weighted by molar-refractivity contribution is -0.0212. The van der Waals surface area contributed by atoms with Crippen LogP contribution in [-0.4, -0.2) is 42.0 Å². The van der Waals surface area contributed by atoms with Gasteiger partial charge in [-0.3, -0.25) is 0 Å². The quantitative estimate of drug-likeness (QED) is 0.862. The standard InChI is InChI=1S/C12H18N2O4/c1-7-4-5-18-11(7)10(15)9-12(17-3)14-8(16-2)6-13-9/h6-7,10-11,15H,4-5H2,1-3H3. The van der Waals surface area contributed by atoms with E-state index in [0.717, 1.165) is 6.42 Å². The second kappa shape index (κ2) is 5.49. The first-order valence-corrected chi connectivity index (χ1v) is 5.92. The fraction of sp³-hybridized carbons (Fsp3) is 0.667. The molecule has 6 nitrogen and oxygen atoms in total. The minimum absolute atomic E-state index is 0.262. The van der Waals surface area contributed by atoms with E-state index in [4.69, 9.17) is 14.2 Å². The highest BCUT2D eigenvalue weighted by Gasteiger charge is 2.34. The van der Waals surface area contributed by atoms with Crippen LogP contribution in [0.3, 0.4) is 0 Å². The molecule has 3 unspecified atom stereocenters. The molecule has 18 heavy (non-hydrogen) atoms. The highest BCUT2D eigenvalue weighted by atomic mass is 16.5. The van der Waals surface area contributed by atoms with Crippen molar-refractivity contribution in [3.63, 3.8) is 0 Å². The van der Waals surface area contributed by atoms with Gasteiger partial charge in [0, 0.05) is 6.61 Å². The Balaban J connectivity index is 2.26. The molecule has 1 saturated heterocycles. The van der Waals surface area contributed by atoms with Gasteiger partial charge in [0.2, 0.25) is 11.8 Å². The largest absolute Gasteiger partial charge is 0.480 e. The van der Waals surface area contributed by atoms with Crippen LogP contribution < -0.4 is 9.47 Å². The number of aliphatic hydroxyl groups excluding tert-OH is 1. The van der Waals surface area contributed by atoms with Gasteiger partial charge in [-0.15, -0.1) is 0 Å². The van der Waals surface area contributed by atoms with E-state index >= 15 is 0 Å². The van der Waals surface area contributed by atoms with E-state index in [2.05, 4.69) is 9.97 Å². The number of hydrogen-bond acceptors (Lipinski definition) is 6. The minimum Gasteiger partial charge on any atom is -0.480 e. The molecule has 0 radical (unpaired) electrons. The molecule has 2 rings (SSSR count). The second-order valence-corrected chi connectivity index (χ2v) is 4.35. The first kappa shape index (κ1) is 13.0. The Morgan fingerprint density at radius 2 is 2.22 bits per heavy atom. The lowest BCUT2D eigenvalue weighted by Gasteiger charge is -2.21. The summed E-state index contributed by atoms with van der Waals surface area (Å²) < 4.78 is 15.6. The molecule has 100 valence electrons. The monoisotopic (exact) mass is 254 g/mol. The number of aromatic nitrogens is 2. The predicted molar refractivity (Wildman–Crippen MR) is 63.6 cm³/mol. The van der Waals surface area contributed by atoms with Gasteiger partial charge in [0.25, 0.3) is 0 Å².